The van der Waals surface area contributed by atoms with Gasteiger partial charge in [-0.2, -0.15) is 0 Å². The summed E-state index contributed by atoms with van der Waals surface area (Å²) in [6.07, 6.45) is 8.18. The molecule has 0 atom stereocenters. The topological polar surface area (TPSA) is 172 Å². The monoisotopic (exact) mass is 870 g/mol. The maximum atomic E-state index is 5.98. The molecular weight excluding hydrogens is 829 g/mol. The largest absolute Gasteiger partial charge is 0.487 e. The second kappa shape index (κ2) is 21.4. The first-order valence-corrected chi connectivity index (χ1v) is 21.1. The summed E-state index contributed by atoms with van der Waals surface area (Å²) in [6, 6.07) is 55.9. The second-order valence-corrected chi connectivity index (χ2v) is 14.8. The van der Waals surface area contributed by atoms with Gasteiger partial charge in [-0.05, 0) is 116 Å². The molecule has 4 aromatic heterocycles. The van der Waals surface area contributed by atoms with Gasteiger partial charge in [-0.25, -0.2) is 20.2 Å². The Morgan fingerprint density at radius 1 is 0.364 bits per heavy atom. The van der Waals surface area contributed by atoms with Crippen LogP contribution in [-0.4, -0.2) is 51.2 Å². The highest BCUT2D eigenvalue weighted by molar-refractivity contribution is 5.79. The number of pyridine rings is 2. The van der Waals surface area contributed by atoms with Crippen molar-refractivity contribution in [2.75, 3.05) is 0 Å². The standard InChI is InChI=1S/2C26H21N5O2/c1-2-10-25-21(7-1)13-14-22(27-25)17-32-23-8-3-5-19(15-23)11-12-20-6-4-9-24(16-20)33-18-26-28-30-31-29-26;1-2-7-25-21(5-1)12-13-22(27-25)17-32-24-6-3-4-20(16-24)9-8-19-10-14-23(15-11-19)33-18-26-28-30-31-29-26/h2*1-16H,17-18H2,(H,28,29,30,31). The Bertz CT molecular complexity index is 3180. The lowest BCUT2D eigenvalue weighted by atomic mass is 10.1. The number of para-hydroxylation sites is 2. The normalized spacial score (nSPS) is 11.2. The Morgan fingerprint density at radius 2 is 0.788 bits per heavy atom. The quantitative estimate of drug-likeness (QED) is 0.0882. The fourth-order valence-corrected chi connectivity index (χ4v) is 6.66. The molecule has 0 spiro atoms. The number of ether oxygens (including phenoxy) is 4. The summed E-state index contributed by atoms with van der Waals surface area (Å²) in [7, 11) is 0. The van der Waals surface area contributed by atoms with Crippen molar-refractivity contribution in [1.29, 1.82) is 0 Å². The highest BCUT2D eigenvalue weighted by Gasteiger charge is 2.05. The molecule has 0 radical (unpaired) electrons. The van der Waals surface area contributed by atoms with Gasteiger partial charge >= 0.3 is 0 Å². The molecule has 0 saturated heterocycles. The lowest BCUT2D eigenvalue weighted by Gasteiger charge is -2.07. The minimum absolute atomic E-state index is 0.283. The Balaban J connectivity index is 0.000000166. The SMILES string of the molecule is C(=Cc1cccc(OCc2ccc3ccccc3n2)c1)c1ccc(OCc2nnn[nH]2)cc1.C(=Cc1cccc(OCc2nnn[nH]2)c1)c1cccc(OCc2ccc3ccccc3n2)c1. The minimum Gasteiger partial charge on any atom is -0.487 e. The number of nitrogens with zero attached hydrogens (tertiary/aromatic N) is 8. The number of rotatable bonds is 16. The molecule has 10 aromatic rings. The fourth-order valence-electron chi connectivity index (χ4n) is 6.66. The van der Waals surface area contributed by atoms with Crippen LogP contribution in [0.1, 0.15) is 45.3 Å². The van der Waals surface area contributed by atoms with Crippen LogP contribution in [0.25, 0.3) is 46.1 Å². The van der Waals surface area contributed by atoms with Gasteiger partial charge in [-0.1, -0.05) is 121 Å². The summed E-state index contributed by atoms with van der Waals surface area (Å²) in [5.41, 5.74) is 7.92. The molecule has 2 N–H and O–H groups in total. The van der Waals surface area contributed by atoms with Crippen LogP contribution in [0.15, 0.2) is 170 Å². The van der Waals surface area contributed by atoms with Gasteiger partial charge in [-0.3, -0.25) is 0 Å². The van der Waals surface area contributed by atoms with E-state index in [0.717, 1.165) is 78.4 Å². The maximum absolute atomic E-state index is 5.98. The summed E-state index contributed by atoms with van der Waals surface area (Å²) in [5.74, 6) is 4.25. The molecule has 6 aromatic carbocycles. The van der Waals surface area contributed by atoms with E-state index in [1.54, 1.807) is 0 Å². The van der Waals surface area contributed by atoms with E-state index in [1.807, 2.05) is 164 Å². The van der Waals surface area contributed by atoms with Crippen molar-refractivity contribution < 1.29 is 18.9 Å². The van der Waals surface area contributed by atoms with Crippen molar-refractivity contribution in [2.24, 2.45) is 0 Å². The third-order valence-corrected chi connectivity index (χ3v) is 10.0. The van der Waals surface area contributed by atoms with E-state index in [4.69, 9.17) is 18.9 Å². The van der Waals surface area contributed by atoms with Gasteiger partial charge in [0.15, 0.2) is 11.6 Å². The Hall–Kier alpha value is -9.04. The van der Waals surface area contributed by atoms with Crippen LogP contribution in [0.5, 0.6) is 23.0 Å². The second-order valence-electron chi connectivity index (χ2n) is 14.8. The van der Waals surface area contributed by atoms with E-state index < -0.39 is 0 Å². The van der Waals surface area contributed by atoms with Gasteiger partial charge in [0.2, 0.25) is 0 Å². The molecule has 0 aliphatic carbocycles. The van der Waals surface area contributed by atoms with Crippen LogP contribution in [0.3, 0.4) is 0 Å². The van der Waals surface area contributed by atoms with Gasteiger partial charge in [0.05, 0.1) is 22.4 Å². The summed E-state index contributed by atoms with van der Waals surface area (Å²) in [6.45, 7) is 1.41. The molecule has 0 unspecified atom stereocenters. The summed E-state index contributed by atoms with van der Waals surface area (Å²) < 4.78 is 23.3. The summed E-state index contributed by atoms with van der Waals surface area (Å²) >= 11 is 0. The average Bonchev–Trinajstić information content (AvgIpc) is 4.12. The number of tetrazole rings is 2. The highest BCUT2D eigenvalue weighted by atomic mass is 16.5. The van der Waals surface area contributed by atoms with Crippen molar-refractivity contribution >= 4 is 46.1 Å². The number of aromatic nitrogens is 10. The van der Waals surface area contributed by atoms with Gasteiger partial charge in [-0.15, -0.1) is 10.2 Å². The van der Waals surface area contributed by atoms with E-state index in [0.29, 0.717) is 31.5 Å². The molecule has 4 heterocycles. The van der Waals surface area contributed by atoms with E-state index in [2.05, 4.69) is 81.6 Å². The van der Waals surface area contributed by atoms with Crippen molar-refractivity contribution in [3.8, 4) is 23.0 Å². The molecule has 0 amide bonds. The number of hydrogen-bond donors (Lipinski definition) is 2. The molecule has 0 fully saturated rings. The molecule has 66 heavy (non-hydrogen) atoms. The first-order valence-electron chi connectivity index (χ1n) is 21.1. The smallest absolute Gasteiger partial charge is 0.186 e. The van der Waals surface area contributed by atoms with Crippen molar-refractivity contribution in [3.63, 3.8) is 0 Å². The first kappa shape index (κ1) is 42.3. The zero-order valence-corrected chi connectivity index (χ0v) is 35.5. The lowest BCUT2D eigenvalue weighted by Crippen LogP contribution is -1.98. The number of hydrogen-bond acceptors (Lipinski definition) is 12. The van der Waals surface area contributed by atoms with Crippen LogP contribution in [0.4, 0.5) is 0 Å². The molecule has 0 aliphatic heterocycles. The van der Waals surface area contributed by atoms with Crippen LogP contribution in [0.2, 0.25) is 0 Å². The summed E-state index contributed by atoms with van der Waals surface area (Å²) in [4.78, 5) is 9.33. The molecule has 0 saturated carbocycles. The number of H-pyrrole nitrogens is 2. The van der Waals surface area contributed by atoms with Crippen LogP contribution in [0, 0.1) is 0 Å². The maximum Gasteiger partial charge on any atom is 0.186 e. The van der Waals surface area contributed by atoms with Gasteiger partial charge in [0.1, 0.15) is 49.4 Å². The van der Waals surface area contributed by atoms with Gasteiger partial charge < -0.3 is 18.9 Å². The predicted molar refractivity (Wildman–Crippen MR) is 253 cm³/mol. The van der Waals surface area contributed by atoms with Crippen molar-refractivity contribution in [3.05, 3.63) is 215 Å². The van der Waals surface area contributed by atoms with Gasteiger partial charge in [0, 0.05) is 10.8 Å². The zero-order chi connectivity index (χ0) is 44.6. The average molecular weight is 871 g/mol. The zero-order valence-electron chi connectivity index (χ0n) is 35.5. The molecule has 0 aliphatic rings. The Labute approximate surface area is 379 Å². The van der Waals surface area contributed by atoms with Crippen molar-refractivity contribution in [2.45, 2.75) is 26.4 Å². The first-order chi connectivity index (χ1) is 32.6. The third kappa shape index (κ3) is 12.1. The molecule has 324 valence electrons. The predicted octanol–water partition coefficient (Wildman–Crippen LogP) is 10.2. The molecular formula is C52H42N10O4. The Morgan fingerprint density at radius 3 is 1.24 bits per heavy atom. The van der Waals surface area contributed by atoms with Crippen LogP contribution < -0.4 is 18.9 Å². The number of aromatic amines is 2. The fraction of sp³-hybridized carbons (Fsp3) is 0.0769. The molecule has 10 rings (SSSR count). The molecule has 0 bridgehead atoms. The lowest BCUT2D eigenvalue weighted by molar-refractivity contribution is 0.296. The minimum atomic E-state index is 0.283. The molecule has 14 nitrogen and oxygen atoms in total. The number of fused-ring (bicyclic) bond motifs is 2. The van der Waals surface area contributed by atoms with E-state index >= 15 is 0 Å². The van der Waals surface area contributed by atoms with E-state index in [1.165, 1.54) is 0 Å². The third-order valence-electron chi connectivity index (χ3n) is 10.0. The van der Waals surface area contributed by atoms with Gasteiger partial charge in [0.25, 0.3) is 0 Å². The number of benzene rings is 6. The van der Waals surface area contributed by atoms with Crippen LogP contribution >= 0.6 is 0 Å². The van der Waals surface area contributed by atoms with Crippen molar-refractivity contribution in [1.82, 2.24) is 51.2 Å². The van der Waals surface area contributed by atoms with E-state index in [9.17, 15) is 0 Å². The highest BCUT2D eigenvalue weighted by Crippen LogP contribution is 2.22. The Kier molecular flexibility index (Phi) is 13.7. The number of nitrogens with one attached hydrogen (secondary N) is 2. The summed E-state index contributed by atoms with van der Waals surface area (Å²) in [5, 5.41) is 29.3. The van der Waals surface area contributed by atoms with Crippen LogP contribution in [-0.2, 0) is 26.4 Å². The molecule has 14 heteroatoms. The van der Waals surface area contributed by atoms with E-state index in [-0.39, 0.29) is 6.61 Å².